The maximum Gasteiger partial charge on any atom is 0.303 e. The zero-order valence-electron chi connectivity index (χ0n) is 9.94. The zero-order valence-corrected chi connectivity index (χ0v) is 10.7. The number of aliphatic carboxylic acids is 1. The summed E-state index contributed by atoms with van der Waals surface area (Å²) in [4.78, 5) is 22.1. The number of carboxylic acids is 1. The van der Waals surface area contributed by atoms with Gasteiger partial charge in [-0.05, 0) is 31.0 Å². The van der Waals surface area contributed by atoms with Crippen LogP contribution in [-0.2, 0) is 9.59 Å². The van der Waals surface area contributed by atoms with Gasteiger partial charge in [0.15, 0.2) is 0 Å². The lowest BCUT2D eigenvalue weighted by molar-refractivity contribution is -0.137. The smallest absolute Gasteiger partial charge is 0.303 e. The largest absolute Gasteiger partial charge is 0.481 e. The molecule has 0 bridgehead atoms. The van der Waals surface area contributed by atoms with Crippen LogP contribution in [0.5, 0.6) is 0 Å². The highest BCUT2D eigenvalue weighted by Crippen LogP contribution is 2.23. The quantitative estimate of drug-likeness (QED) is 0.760. The molecule has 0 aliphatic carbocycles. The van der Waals surface area contributed by atoms with Crippen molar-refractivity contribution in [2.75, 3.05) is 5.32 Å². The van der Waals surface area contributed by atoms with E-state index in [4.69, 9.17) is 22.4 Å². The van der Waals surface area contributed by atoms with Gasteiger partial charge < -0.3 is 16.2 Å². The third kappa shape index (κ3) is 4.01. The van der Waals surface area contributed by atoms with Gasteiger partial charge in [0.2, 0.25) is 5.91 Å². The van der Waals surface area contributed by atoms with Crippen molar-refractivity contribution in [2.24, 2.45) is 5.73 Å². The van der Waals surface area contributed by atoms with Crippen molar-refractivity contribution in [3.05, 3.63) is 28.8 Å². The van der Waals surface area contributed by atoms with Crippen molar-refractivity contribution >= 4 is 29.2 Å². The highest BCUT2D eigenvalue weighted by atomic mass is 35.5. The predicted molar refractivity (Wildman–Crippen MR) is 69.7 cm³/mol. The molecule has 1 aromatic rings. The summed E-state index contributed by atoms with van der Waals surface area (Å²) in [6, 6.07) is 4.30. The number of rotatable bonds is 5. The zero-order chi connectivity index (χ0) is 13.7. The molecule has 0 aliphatic heterocycles. The second kappa shape index (κ2) is 6.37. The standard InChI is InChI=1S/C12H15ClN2O3/c1-7-8(13)3-2-4-10(7)15-12(18)9(14)5-6-11(16)17/h2-4,9H,5-6,14H2,1H3,(H,15,18)(H,16,17). The minimum atomic E-state index is -0.975. The van der Waals surface area contributed by atoms with Gasteiger partial charge in [-0.15, -0.1) is 0 Å². The van der Waals surface area contributed by atoms with E-state index in [0.717, 1.165) is 5.56 Å². The van der Waals surface area contributed by atoms with Crippen molar-refractivity contribution in [1.29, 1.82) is 0 Å². The minimum absolute atomic E-state index is 0.0980. The topological polar surface area (TPSA) is 92.4 Å². The van der Waals surface area contributed by atoms with E-state index in [0.29, 0.717) is 10.7 Å². The summed E-state index contributed by atoms with van der Waals surface area (Å²) in [5.41, 5.74) is 6.92. The molecule has 1 unspecified atom stereocenters. The van der Waals surface area contributed by atoms with Crippen LogP contribution in [0.4, 0.5) is 5.69 Å². The Morgan fingerprint density at radius 1 is 1.50 bits per heavy atom. The monoisotopic (exact) mass is 270 g/mol. The van der Waals surface area contributed by atoms with Crippen LogP contribution >= 0.6 is 11.6 Å². The van der Waals surface area contributed by atoms with Gasteiger partial charge in [-0.3, -0.25) is 9.59 Å². The van der Waals surface area contributed by atoms with Crippen LogP contribution < -0.4 is 11.1 Å². The number of carboxylic acid groups (broad SMARTS) is 1. The molecule has 6 heteroatoms. The van der Waals surface area contributed by atoms with Crippen molar-refractivity contribution < 1.29 is 14.7 Å². The van der Waals surface area contributed by atoms with Gasteiger partial charge >= 0.3 is 5.97 Å². The summed E-state index contributed by atoms with van der Waals surface area (Å²) < 4.78 is 0. The average molecular weight is 271 g/mol. The van der Waals surface area contributed by atoms with E-state index < -0.39 is 17.9 Å². The molecule has 0 spiro atoms. The van der Waals surface area contributed by atoms with Crippen LogP contribution in [0.15, 0.2) is 18.2 Å². The predicted octanol–water partition coefficient (Wildman–Crippen LogP) is 1.78. The maximum absolute atomic E-state index is 11.7. The SMILES string of the molecule is Cc1c(Cl)cccc1NC(=O)C(N)CCC(=O)O. The number of amides is 1. The molecule has 4 N–H and O–H groups in total. The van der Waals surface area contributed by atoms with Crippen LogP contribution in [0.1, 0.15) is 18.4 Å². The summed E-state index contributed by atoms with van der Waals surface area (Å²) in [5.74, 6) is -1.39. The number of benzene rings is 1. The van der Waals surface area contributed by atoms with Crippen LogP contribution in [0.2, 0.25) is 5.02 Å². The van der Waals surface area contributed by atoms with Gasteiger partial charge in [-0.1, -0.05) is 17.7 Å². The fourth-order valence-electron chi connectivity index (χ4n) is 1.38. The van der Waals surface area contributed by atoms with E-state index >= 15 is 0 Å². The average Bonchev–Trinajstić information content (AvgIpc) is 2.31. The van der Waals surface area contributed by atoms with Crippen molar-refractivity contribution in [3.63, 3.8) is 0 Å². The first-order valence-corrected chi connectivity index (χ1v) is 5.83. The summed E-state index contributed by atoms with van der Waals surface area (Å²) >= 11 is 5.92. The van der Waals surface area contributed by atoms with Crippen LogP contribution in [-0.4, -0.2) is 23.0 Å². The Labute approximate surface area is 110 Å². The molecule has 1 atom stereocenters. The summed E-state index contributed by atoms with van der Waals surface area (Å²) in [7, 11) is 0. The number of anilines is 1. The van der Waals surface area contributed by atoms with Gasteiger partial charge in [-0.25, -0.2) is 0 Å². The van der Waals surface area contributed by atoms with Crippen LogP contribution in [0.3, 0.4) is 0 Å². The molecule has 1 aromatic carbocycles. The third-order valence-corrected chi connectivity index (χ3v) is 2.94. The first-order valence-electron chi connectivity index (χ1n) is 5.45. The molecule has 0 aliphatic rings. The first-order chi connectivity index (χ1) is 8.41. The van der Waals surface area contributed by atoms with Crippen molar-refractivity contribution in [3.8, 4) is 0 Å². The van der Waals surface area contributed by atoms with E-state index in [1.807, 2.05) is 0 Å². The van der Waals surface area contributed by atoms with Gasteiger partial charge in [0.05, 0.1) is 6.04 Å². The number of hydrogen-bond acceptors (Lipinski definition) is 3. The maximum atomic E-state index is 11.7. The summed E-state index contributed by atoms with van der Waals surface area (Å²) in [6.45, 7) is 1.78. The highest BCUT2D eigenvalue weighted by molar-refractivity contribution is 6.31. The number of hydrogen-bond donors (Lipinski definition) is 3. The molecule has 5 nitrogen and oxygen atoms in total. The molecule has 0 radical (unpaired) electrons. The van der Waals surface area contributed by atoms with Gasteiger partial charge in [0.1, 0.15) is 0 Å². The lowest BCUT2D eigenvalue weighted by Crippen LogP contribution is -2.36. The Hall–Kier alpha value is -1.59. The van der Waals surface area contributed by atoms with E-state index in [1.165, 1.54) is 0 Å². The molecular weight excluding hydrogens is 256 g/mol. The second-order valence-electron chi connectivity index (χ2n) is 3.94. The Bertz CT molecular complexity index is 463. The normalized spacial score (nSPS) is 11.9. The highest BCUT2D eigenvalue weighted by Gasteiger charge is 2.16. The van der Waals surface area contributed by atoms with E-state index in [-0.39, 0.29) is 12.8 Å². The molecule has 0 heterocycles. The lowest BCUT2D eigenvalue weighted by atomic mass is 10.1. The molecule has 0 aromatic heterocycles. The van der Waals surface area contributed by atoms with Crippen LogP contribution in [0.25, 0.3) is 0 Å². The van der Waals surface area contributed by atoms with Gasteiger partial charge in [0, 0.05) is 17.1 Å². The Morgan fingerprint density at radius 2 is 2.17 bits per heavy atom. The van der Waals surface area contributed by atoms with Crippen molar-refractivity contribution in [1.82, 2.24) is 0 Å². The van der Waals surface area contributed by atoms with E-state index in [9.17, 15) is 9.59 Å². The fourth-order valence-corrected chi connectivity index (χ4v) is 1.55. The number of nitrogens with one attached hydrogen (secondary N) is 1. The van der Waals surface area contributed by atoms with Gasteiger partial charge in [0.25, 0.3) is 0 Å². The molecule has 18 heavy (non-hydrogen) atoms. The molecule has 1 rings (SSSR count). The minimum Gasteiger partial charge on any atom is -0.481 e. The third-order valence-electron chi connectivity index (χ3n) is 2.53. The Balaban J connectivity index is 2.64. The second-order valence-corrected chi connectivity index (χ2v) is 4.35. The molecule has 98 valence electrons. The van der Waals surface area contributed by atoms with Crippen molar-refractivity contribution in [2.45, 2.75) is 25.8 Å². The molecular formula is C12H15ClN2O3. The number of halogens is 1. The molecule has 0 saturated carbocycles. The van der Waals surface area contributed by atoms with E-state index in [1.54, 1.807) is 25.1 Å². The fraction of sp³-hybridized carbons (Fsp3) is 0.333. The Morgan fingerprint density at radius 3 is 2.78 bits per heavy atom. The molecule has 0 saturated heterocycles. The molecule has 1 amide bonds. The van der Waals surface area contributed by atoms with Crippen LogP contribution in [0, 0.1) is 6.92 Å². The number of carbonyl (C=O) groups is 2. The number of carbonyl (C=O) groups excluding carboxylic acids is 1. The summed E-state index contributed by atoms with van der Waals surface area (Å²) in [5, 5.41) is 11.7. The van der Waals surface area contributed by atoms with Gasteiger partial charge in [-0.2, -0.15) is 0 Å². The first kappa shape index (κ1) is 14.5. The van der Waals surface area contributed by atoms with E-state index in [2.05, 4.69) is 5.32 Å². The number of nitrogens with two attached hydrogens (primary N) is 1. The Kier molecular flexibility index (Phi) is 5.12. The summed E-state index contributed by atoms with van der Waals surface area (Å²) in [6.07, 6.45) is -0.0378. The lowest BCUT2D eigenvalue weighted by Gasteiger charge is -2.13. The molecule has 0 fully saturated rings.